The summed E-state index contributed by atoms with van der Waals surface area (Å²) in [6.07, 6.45) is 4.63. The highest BCUT2D eigenvalue weighted by Gasteiger charge is 2.30. The van der Waals surface area contributed by atoms with Crippen LogP contribution in [-0.4, -0.2) is 19.4 Å². The number of rotatable bonds is 4. The molecule has 102 valence electrons. The van der Waals surface area contributed by atoms with Gasteiger partial charge in [-0.15, -0.1) is 0 Å². The molecule has 0 spiro atoms. The molecule has 2 rings (SSSR count). The highest BCUT2D eigenvalue weighted by molar-refractivity contribution is 7.92. The summed E-state index contributed by atoms with van der Waals surface area (Å²) in [5.74, 6) is -0.592. The average molecular weight is 277 g/mol. The van der Waals surface area contributed by atoms with Crippen molar-refractivity contribution >= 4 is 9.84 Å². The van der Waals surface area contributed by atoms with Crippen LogP contribution in [0.1, 0.15) is 43.6 Å². The third-order valence-electron chi connectivity index (χ3n) is 3.82. The predicted molar refractivity (Wildman–Crippen MR) is 75.5 cm³/mol. The van der Waals surface area contributed by atoms with Gasteiger partial charge in [-0.25, -0.2) is 8.42 Å². The number of hydrogen-bond acceptors (Lipinski definition) is 3. The highest BCUT2D eigenvalue weighted by atomic mass is 32.2. The van der Waals surface area contributed by atoms with Crippen molar-refractivity contribution in [3.63, 3.8) is 0 Å². The lowest BCUT2D eigenvalue weighted by Gasteiger charge is -2.22. The van der Waals surface area contributed by atoms with Crippen LogP contribution < -0.4 is 0 Å². The summed E-state index contributed by atoms with van der Waals surface area (Å²) in [6.45, 7) is 0. The van der Waals surface area contributed by atoms with Gasteiger partial charge in [0.15, 0.2) is 9.84 Å². The number of benzene rings is 1. The number of sulfone groups is 1. The Morgan fingerprint density at radius 2 is 1.79 bits per heavy atom. The Kier molecular flexibility index (Phi) is 4.60. The summed E-state index contributed by atoms with van der Waals surface area (Å²) < 4.78 is 24.8. The Bertz CT molecular complexity index is 539. The minimum atomic E-state index is -3.17. The van der Waals surface area contributed by atoms with E-state index in [0.29, 0.717) is 0 Å². The minimum Gasteiger partial charge on any atom is -0.228 e. The zero-order chi connectivity index (χ0) is 13.7. The highest BCUT2D eigenvalue weighted by Crippen LogP contribution is 2.27. The van der Waals surface area contributed by atoms with Gasteiger partial charge in [0.05, 0.1) is 23.0 Å². The third-order valence-corrected chi connectivity index (χ3v) is 6.10. The Labute approximate surface area is 115 Å². The van der Waals surface area contributed by atoms with Crippen molar-refractivity contribution in [1.29, 1.82) is 5.26 Å². The van der Waals surface area contributed by atoms with Crippen LogP contribution in [0.5, 0.6) is 0 Å². The van der Waals surface area contributed by atoms with Crippen LogP contribution in [0.25, 0.3) is 0 Å². The molecule has 1 aromatic carbocycles. The molecule has 3 nitrogen and oxygen atoms in total. The van der Waals surface area contributed by atoms with Crippen molar-refractivity contribution in [3.8, 4) is 6.07 Å². The molecule has 0 bridgehead atoms. The Hall–Kier alpha value is -1.34. The maximum absolute atomic E-state index is 12.4. The van der Waals surface area contributed by atoms with E-state index in [-0.39, 0.29) is 11.0 Å². The molecule has 0 heterocycles. The molecular weight excluding hydrogens is 258 g/mol. The standard InChI is InChI=1S/C15H19NO2S/c16-11-14(13-7-3-1-4-8-13)12-19(17,18)15-9-5-2-6-10-15/h1,3-4,7-8,14-15H,2,5-6,9-10,12H2. The van der Waals surface area contributed by atoms with Gasteiger partial charge < -0.3 is 0 Å². The molecule has 19 heavy (non-hydrogen) atoms. The van der Waals surface area contributed by atoms with E-state index in [4.69, 9.17) is 0 Å². The maximum Gasteiger partial charge on any atom is 0.154 e. The van der Waals surface area contributed by atoms with Gasteiger partial charge in [0.2, 0.25) is 0 Å². The topological polar surface area (TPSA) is 57.9 Å². The SMILES string of the molecule is N#CC(CS(=O)(=O)C1CCCCC1)c1ccccc1. The van der Waals surface area contributed by atoms with Gasteiger partial charge in [0.25, 0.3) is 0 Å². The Balaban J connectivity index is 2.12. The van der Waals surface area contributed by atoms with Crippen molar-refractivity contribution in [2.24, 2.45) is 0 Å². The van der Waals surface area contributed by atoms with Crippen LogP contribution in [0.2, 0.25) is 0 Å². The molecule has 1 aliphatic carbocycles. The van der Waals surface area contributed by atoms with Crippen LogP contribution >= 0.6 is 0 Å². The van der Waals surface area contributed by atoms with E-state index in [1.54, 1.807) is 0 Å². The third kappa shape index (κ3) is 3.57. The number of nitriles is 1. The summed E-state index contributed by atoms with van der Waals surface area (Å²) in [6, 6.07) is 11.3. The van der Waals surface area contributed by atoms with Crippen molar-refractivity contribution in [3.05, 3.63) is 35.9 Å². The van der Waals surface area contributed by atoms with Crippen molar-refractivity contribution in [2.75, 3.05) is 5.75 Å². The second-order valence-corrected chi connectivity index (χ2v) is 7.51. The molecule has 1 saturated carbocycles. The number of nitrogens with zero attached hydrogens (tertiary/aromatic N) is 1. The first kappa shape index (κ1) is 14.1. The van der Waals surface area contributed by atoms with Gasteiger partial charge in [-0.05, 0) is 18.4 Å². The van der Waals surface area contributed by atoms with Crippen LogP contribution in [0.3, 0.4) is 0 Å². The zero-order valence-electron chi connectivity index (χ0n) is 11.0. The van der Waals surface area contributed by atoms with E-state index >= 15 is 0 Å². The van der Waals surface area contributed by atoms with E-state index in [0.717, 1.165) is 37.7 Å². The van der Waals surface area contributed by atoms with Gasteiger partial charge in [0, 0.05) is 0 Å². The molecule has 1 aliphatic rings. The lowest BCUT2D eigenvalue weighted by Crippen LogP contribution is -2.28. The summed E-state index contributed by atoms with van der Waals surface area (Å²) in [5.41, 5.74) is 0.796. The van der Waals surface area contributed by atoms with E-state index in [1.165, 1.54) is 0 Å². The Morgan fingerprint density at radius 1 is 1.16 bits per heavy atom. The second kappa shape index (κ2) is 6.21. The van der Waals surface area contributed by atoms with Gasteiger partial charge in [-0.2, -0.15) is 5.26 Å². The van der Waals surface area contributed by atoms with Gasteiger partial charge in [0.1, 0.15) is 0 Å². The molecule has 0 amide bonds. The molecular formula is C15H19NO2S. The molecule has 1 atom stereocenters. The molecule has 1 fully saturated rings. The minimum absolute atomic E-state index is 0.0435. The molecule has 1 aromatic rings. The van der Waals surface area contributed by atoms with Crippen LogP contribution in [-0.2, 0) is 9.84 Å². The fourth-order valence-corrected chi connectivity index (χ4v) is 4.74. The lowest BCUT2D eigenvalue weighted by atomic mass is 10.0. The Morgan fingerprint density at radius 3 is 2.37 bits per heavy atom. The van der Waals surface area contributed by atoms with E-state index < -0.39 is 15.8 Å². The first-order valence-corrected chi connectivity index (χ1v) is 8.51. The molecule has 0 aliphatic heterocycles. The largest absolute Gasteiger partial charge is 0.228 e. The molecule has 0 radical (unpaired) electrons. The zero-order valence-corrected chi connectivity index (χ0v) is 11.8. The maximum atomic E-state index is 12.4. The average Bonchev–Trinajstić information content (AvgIpc) is 2.47. The van der Waals surface area contributed by atoms with E-state index in [1.807, 2.05) is 30.3 Å². The molecule has 1 unspecified atom stereocenters. The fraction of sp³-hybridized carbons (Fsp3) is 0.533. The van der Waals surface area contributed by atoms with Crippen molar-refractivity contribution in [1.82, 2.24) is 0 Å². The monoisotopic (exact) mass is 277 g/mol. The number of hydrogen-bond donors (Lipinski definition) is 0. The van der Waals surface area contributed by atoms with E-state index in [9.17, 15) is 13.7 Å². The van der Waals surface area contributed by atoms with Gasteiger partial charge >= 0.3 is 0 Å². The summed E-state index contributed by atoms with van der Waals surface area (Å²) >= 11 is 0. The van der Waals surface area contributed by atoms with Gasteiger partial charge in [-0.3, -0.25) is 0 Å². The molecule has 0 N–H and O–H groups in total. The summed E-state index contributed by atoms with van der Waals surface area (Å²) in [7, 11) is -3.17. The molecule has 0 saturated heterocycles. The first-order valence-electron chi connectivity index (χ1n) is 6.79. The molecule has 4 heteroatoms. The lowest BCUT2D eigenvalue weighted by molar-refractivity contribution is 0.483. The predicted octanol–water partition coefficient (Wildman–Crippen LogP) is 3.04. The van der Waals surface area contributed by atoms with Crippen molar-refractivity contribution < 1.29 is 8.42 Å². The first-order chi connectivity index (χ1) is 9.13. The molecule has 0 aromatic heterocycles. The second-order valence-electron chi connectivity index (χ2n) is 5.18. The van der Waals surface area contributed by atoms with E-state index in [2.05, 4.69) is 6.07 Å². The van der Waals surface area contributed by atoms with Crippen molar-refractivity contribution in [2.45, 2.75) is 43.3 Å². The summed E-state index contributed by atoms with van der Waals surface area (Å²) in [4.78, 5) is 0. The smallest absolute Gasteiger partial charge is 0.154 e. The summed E-state index contributed by atoms with van der Waals surface area (Å²) in [5, 5.41) is 8.99. The van der Waals surface area contributed by atoms with Crippen LogP contribution in [0.4, 0.5) is 0 Å². The van der Waals surface area contributed by atoms with Crippen LogP contribution in [0.15, 0.2) is 30.3 Å². The fourth-order valence-electron chi connectivity index (χ4n) is 2.69. The quantitative estimate of drug-likeness (QED) is 0.850. The van der Waals surface area contributed by atoms with Crippen LogP contribution in [0, 0.1) is 11.3 Å². The normalized spacial score (nSPS) is 18.7. The van der Waals surface area contributed by atoms with Gasteiger partial charge in [-0.1, -0.05) is 49.6 Å².